The fraction of sp³-hybridized carbons (Fsp3) is 0.708. The van der Waals surface area contributed by atoms with Crippen LogP contribution in [-0.4, -0.2) is 69.4 Å². The number of nitrogens with zero attached hydrogens (tertiary/aromatic N) is 2. The molecule has 31 heavy (non-hydrogen) atoms. The molecule has 1 heterocycles. The molecule has 0 amide bonds. The fourth-order valence-electron chi connectivity index (χ4n) is 3.45. The topological polar surface area (TPSA) is 58.1 Å². The van der Waals surface area contributed by atoms with Gasteiger partial charge in [-0.15, -0.1) is 24.0 Å². The predicted octanol–water partition coefficient (Wildman–Crippen LogP) is 3.94. The summed E-state index contributed by atoms with van der Waals surface area (Å²) in [7, 11) is 1.84. The van der Waals surface area contributed by atoms with Crippen molar-refractivity contribution in [3.8, 4) is 5.75 Å². The zero-order valence-electron chi connectivity index (χ0n) is 20.0. The zero-order valence-corrected chi connectivity index (χ0v) is 22.4. The van der Waals surface area contributed by atoms with Crippen LogP contribution in [0.4, 0.5) is 0 Å². The monoisotopic (exact) mass is 546 g/mol. The van der Waals surface area contributed by atoms with Crippen LogP contribution in [0.5, 0.6) is 5.75 Å². The van der Waals surface area contributed by atoms with E-state index in [9.17, 15) is 0 Å². The maximum atomic E-state index is 5.75. The first-order valence-corrected chi connectivity index (χ1v) is 11.5. The summed E-state index contributed by atoms with van der Waals surface area (Å²) in [4.78, 5) is 6.89. The summed E-state index contributed by atoms with van der Waals surface area (Å²) in [6.07, 6.45) is 3.55. The van der Waals surface area contributed by atoms with Gasteiger partial charge in [-0.05, 0) is 56.7 Å². The average Bonchev–Trinajstić information content (AvgIpc) is 2.73. The van der Waals surface area contributed by atoms with Crippen molar-refractivity contribution in [3.05, 3.63) is 29.8 Å². The third kappa shape index (κ3) is 11.9. The minimum absolute atomic E-state index is 0. The van der Waals surface area contributed by atoms with E-state index >= 15 is 0 Å². The predicted molar refractivity (Wildman–Crippen MR) is 141 cm³/mol. The van der Waals surface area contributed by atoms with Crippen LogP contribution in [0.1, 0.15) is 46.1 Å². The van der Waals surface area contributed by atoms with Crippen LogP contribution >= 0.6 is 24.0 Å². The number of piperidine rings is 1. The molecule has 7 heteroatoms. The molecule has 0 radical (unpaired) electrons. The van der Waals surface area contributed by atoms with Crippen LogP contribution < -0.4 is 15.4 Å². The van der Waals surface area contributed by atoms with Crippen molar-refractivity contribution in [2.24, 2.45) is 10.9 Å². The molecule has 0 unspecified atom stereocenters. The van der Waals surface area contributed by atoms with Crippen molar-refractivity contribution >= 4 is 29.9 Å². The van der Waals surface area contributed by atoms with Gasteiger partial charge in [0, 0.05) is 39.3 Å². The Morgan fingerprint density at radius 1 is 1.13 bits per heavy atom. The van der Waals surface area contributed by atoms with Crippen LogP contribution in [0, 0.1) is 5.92 Å². The van der Waals surface area contributed by atoms with Gasteiger partial charge in [-0.1, -0.05) is 26.0 Å². The summed E-state index contributed by atoms with van der Waals surface area (Å²) in [5.74, 6) is 2.38. The lowest BCUT2D eigenvalue weighted by atomic mass is 10.1. The minimum Gasteiger partial charge on any atom is -0.493 e. The highest BCUT2D eigenvalue weighted by atomic mass is 127. The van der Waals surface area contributed by atoms with Crippen molar-refractivity contribution in [3.63, 3.8) is 0 Å². The largest absolute Gasteiger partial charge is 0.493 e. The van der Waals surface area contributed by atoms with Gasteiger partial charge in [0.25, 0.3) is 0 Å². The number of hydrogen-bond donors (Lipinski definition) is 2. The van der Waals surface area contributed by atoms with Crippen LogP contribution in [0.25, 0.3) is 0 Å². The van der Waals surface area contributed by atoms with E-state index in [0.29, 0.717) is 18.1 Å². The van der Waals surface area contributed by atoms with Crippen molar-refractivity contribution in [2.45, 2.75) is 59.1 Å². The second-order valence-electron chi connectivity index (χ2n) is 8.78. The van der Waals surface area contributed by atoms with Crippen molar-refractivity contribution in [1.82, 2.24) is 15.5 Å². The molecule has 1 aliphatic heterocycles. The Bertz CT molecular complexity index is 615. The van der Waals surface area contributed by atoms with E-state index < -0.39 is 0 Å². The van der Waals surface area contributed by atoms with Crippen LogP contribution in [-0.2, 0) is 11.2 Å². The number of benzene rings is 1. The Hall–Kier alpha value is -1.06. The SMILES string of the molecule is CN=C(NCCc1ccc(OCC(C)C)cc1)NC1CCN(CCOC(C)C)CC1.I. The van der Waals surface area contributed by atoms with E-state index in [4.69, 9.17) is 9.47 Å². The van der Waals surface area contributed by atoms with Crippen molar-refractivity contribution in [2.75, 3.05) is 46.4 Å². The maximum absolute atomic E-state index is 5.75. The van der Waals surface area contributed by atoms with Crippen LogP contribution in [0.15, 0.2) is 29.3 Å². The third-order valence-electron chi connectivity index (χ3n) is 5.22. The number of halogens is 1. The number of guanidine groups is 1. The summed E-state index contributed by atoms with van der Waals surface area (Å²) in [6.45, 7) is 14.2. The normalized spacial score (nSPS) is 15.8. The summed E-state index contributed by atoms with van der Waals surface area (Å²) in [5, 5.41) is 7.04. The lowest BCUT2D eigenvalue weighted by Gasteiger charge is -2.33. The highest BCUT2D eigenvalue weighted by molar-refractivity contribution is 14.0. The van der Waals surface area contributed by atoms with E-state index in [0.717, 1.165) is 70.4 Å². The van der Waals surface area contributed by atoms with Gasteiger partial charge in [-0.3, -0.25) is 4.99 Å². The van der Waals surface area contributed by atoms with Crippen molar-refractivity contribution < 1.29 is 9.47 Å². The number of likely N-dealkylation sites (tertiary alicyclic amines) is 1. The van der Waals surface area contributed by atoms with Gasteiger partial charge in [0.05, 0.1) is 19.3 Å². The van der Waals surface area contributed by atoms with E-state index in [-0.39, 0.29) is 24.0 Å². The van der Waals surface area contributed by atoms with E-state index in [1.807, 2.05) is 7.05 Å². The molecule has 0 spiro atoms. The Labute approximate surface area is 206 Å². The first-order chi connectivity index (χ1) is 14.5. The van der Waals surface area contributed by atoms with E-state index in [2.05, 4.69) is 72.5 Å². The Morgan fingerprint density at radius 3 is 2.39 bits per heavy atom. The number of rotatable bonds is 11. The van der Waals surface area contributed by atoms with Gasteiger partial charge in [0.1, 0.15) is 5.75 Å². The van der Waals surface area contributed by atoms with Gasteiger partial charge in [-0.2, -0.15) is 0 Å². The molecule has 1 saturated heterocycles. The number of aliphatic imine (C=N–C) groups is 1. The fourth-order valence-corrected chi connectivity index (χ4v) is 3.45. The quantitative estimate of drug-likeness (QED) is 0.250. The number of hydrogen-bond acceptors (Lipinski definition) is 4. The van der Waals surface area contributed by atoms with Gasteiger partial charge in [0.15, 0.2) is 5.96 Å². The molecular formula is C24H43IN4O2. The molecule has 1 aromatic carbocycles. The molecule has 2 N–H and O–H groups in total. The standard InChI is InChI=1S/C24H42N4O2.HI/c1-19(2)18-30-23-8-6-21(7-9-23)10-13-26-24(25-5)27-22-11-14-28(15-12-22)16-17-29-20(3)4;/h6-9,19-20,22H,10-18H2,1-5H3,(H2,25,26,27);1H. The number of ether oxygens (including phenoxy) is 2. The van der Waals surface area contributed by atoms with Crippen LogP contribution in [0.2, 0.25) is 0 Å². The first-order valence-electron chi connectivity index (χ1n) is 11.5. The van der Waals surface area contributed by atoms with Crippen molar-refractivity contribution in [1.29, 1.82) is 0 Å². The molecule has 1 aromatic rings. The molecule has 1 aliphatic rings. The highest BCUT2D eigenvalue weighted by Crippen LogP contribution is 2.13. The Morgan fingerprint density at radius 2 is 1.81 bits per heavy atom. The van der Waals surface area contributed by atoms with Gasteiger partial charge >= 0.3 is 0 Å². The molecule has 0 atom stereocenters. The summed E-state index contributed by atoms with van der Waals surface area (Å²) in [5.41, 5.74) is 1.30. The molecule has 0 bridgehead atoms. The lowest BCUT2D eigenvalue weighted by Crippen LogP contribution is -2.49. The van der Waals surface area contributed by atoms with Crippen LogP contribution in [0.3, 0.4) is 0 Å². The summed E-state index contributed by atoms with van der Waals surface area (Å²) < 4.78 is 11.4. The first kappa shape index (κ1) is 28.0. The Kier molecular flexibility index (Phi) is 14.2. The molecule has 1 fully saturated rings. The average molecular weight is 547 g/mol. The summed E-state index contributed by atoms with van der Waals surface area (Å²) in [6, 6.07) is 8.89. The minimum atomic E-state index is 0. The van der Waals surface area contributed by atoms with E-state index in [1.165, 1.54) is 5.56 Å². The summed E-state index contributed by atoms with van der Waals surface area (Å²) >= 11 is 0. The number of nitrogens with one attached hydrogen (secondary N) is 2. The zero-order chi connectivity index (χ0) is 21.8. The second-order valence-corrected chi connectivity index (χ2v) is 8.78. The van der Waals surface area contributed by atoms with Gasteiger partial charge in [0.2, 0.25) is 0 Å². The molecule has 6 nitrogen and oxygen atoms in total. The molecule has 2 rings (SSSR count). The third-order valence-corrected chi connectivity index (χ3v) is 5.22. The Balaban J connectivity index is 0.00000480. The maximum Gasteiger partial charge on any atom is 0.191 e. The lowest BCUT2D eigenvalue weighted by molar-refractivity contribution is 0.0532. The van der Waals surface area contributed by atoms with E-state index in [1.54, 1.807) is 0 Å². The van der Waals surface area contributed by atoms with Gasteiger partial charge < -0.3 is 25.0 Å². The smallest absolute Gasteiger partial charge is 0.191 e. The highest BCUT2D eigenvalue weighted by Gasteiger charge is 2.19. The van der Waals surface area contributed by atoms with Gasteiger partial charge in [-0.25, -0.2) is 0 Å². The molecule has 0 aromatic heterocycles. The molecule has 178 valence electrons. The molecule has 0 saturated carbocycles. The molecular weight excluding hydrogens is 503 g/mol. The second kappa shape index (κ2) is 15.7. The molecule has 0 aliphatic carbocycles.